The van der Waals surface area contributed by atoms with Gasteiger partial charge >= 0.3 is 0 Å². The lowest BCUT2D eigenvalue weighted by Crippen LogP contribution is -2.56. The highest BCUT2D eigenvalue weighted by Gasteiger charge is 2.55. The third-order valence-corrected chi connectivity index (χ3v) is 5.11. The molecule has 0 aromatic heterocycles. The molecule has 0 heterocycles. The van der Waals surface area contributed by atoms with Gasteiger partial charge in [-0.15, -0.1) is 0 Å². The first-order chi connectivity index (χ1) is 6.43. The molecule has 3 aliphatic rings. The molecule has 82 valence electrons. The largest absolute Gasteiger partial charge is 0.309 e. The summed E-state index contributed by atoms with van der Waals surface area (Å²) in [5.74, 6) is 3.93. The number of hydrogen-bond donors (Lipinski definition) is 0. The third-order valence-electron chi connectivity index (χ3n) is 5.11. The zero-order valence-corrected chi connectivity index (χ0v) is 10.4. The van der Waals surface area contributed by atoms with Crippen LogP contribution in [0.5, 0.6) is 0 Å². The smallest absolute Gasteiger partial charge is 0.000632 e. The standard InChI is InChI=1S/C13H25N/c1-9-10(8-14(4)5)6-11-7-12(9)13(11,2)3/h9-12H,6-8H2,1-5H3. The molecule has 0 amide bonds. The minimum atomic E-state index is 0.655. The van der Waals surface area contributed by atoms with Crippen molar-refractivity contribution >= 4 is 0 Å². The fourth-order valence-corrected chi connectivity index (χ4v) is 3.97. The molecule has 0 aliphatic heterocycles. The molecule has 1 heteroatoms. The highest BCUT2D eigenvalue weighted by atomic mass is 15.1. The maximum absolute atomic E-state index is 2.48. The van der Waals surface area contributed by atoms with Crippen LogP contribution >= 0.6 is 0 Å². The van der Waals surface area contributed by atoms with E-state index in [4.69, 9.17) is 0 Å². The van der Waals surface area contributed by atoms with E-state index in [2.05, 4.69) is 39.8 Å². The van der Waals surface area contributed by atoms with Crippen molar-refractivity contribution < 1.29 is 0 Å². The lowest BCUT2D eigenvalue weighted by atomic mass is 9.43. The Hall–Kier alpha value is -0.0400. The van der Waals surface area contributed by atoms with Crippen molar-refractivity contribution in [3.8, 4) is 0 Å². The summed E-state index contributed by atoms with van der Waals surface area (Å²) in [6.07, 6.45) is 2.99. The zero-order chi connectivity index (χ0) is 10.5. The molecule has 0 N–H and O–H groups in total. The predicted octanol–water partition coefficient (Wildman–Crippen LogP) is 2.87. The summed E-state index contributed by atoms with van der Waals surface area (Å²) in [5, 5.41) is 0. The van der Waals surface area contributed by atoms with Crippen LogP contribution in [0.4, 0.5) is 0 Å². The molecule has 4 unspecified atom stereocenters. The molecular formula is C13H25N. The Labute approximate surface area is 88.9 Å². The van der Waals surface area contributed by atoms with E-state index < -0.39 is 0 Å². The summed E-state index contributed by atoms with van der Waals surface area (Å²) >= 11 is 0. The van der Waals surface area contributed by atoms with Crippen LogP contribution in [0.15, 0.2) is 0 Å². The highest BCUT2D eigenvalue weighted by molar-refractivity contribution is 5.05. The van der Waals surface area contributed by atoms with Crippen LogP contribution in [0.2, 0.25) is 0 Å². The summed E-state index contributed by atoms with van der Waals surface area (Å²) in [6.45, 7) is 8.74. The second-order valence-corrected chi connectivity index (χ2v) is 6.48. The summed E-state index contributed by atoms with van der Waals surface area (Å²) in [4.78, 5) is 2.36. The third kappa shape index (κ3) is 1.41. The average Bonchev–Trinajstić information content (AvgIpc) is 2.06. The van der Waals surface area contributed by atoms with Gasteiger partial charge in [-0.05, 0) is 56.0 Å². The van der Waals surface area contributed by atoms with Gasteiger partial charge in [-0.25, -0.2) is 0 Å². The Kier molecular flexibility index (Phi) is 2.42. The van der Waals surface area contributed by atoms with E-state index >= 15 is 0 Å². The Morgan fingerprint density at radius 3 is 2.29 bits per heavy atom. The first-order valence-corrected chi connectivity index (χ1v) is 6.07. The minimum absolute atomic E-state index is 0.655. The molecule has 0 aromatic rings. The van der Waals surface area contributed by atoms with Crippen LogP contribution in [0.25, 0.3) is 0 Å². The fraction of sp³-hybridized carbons (Fsp3) is 1.00. The Bertz CT molecular complexity index is 219. The van der Waals surface area contributed by atoms with Gasteiger partial charge in [0.1, 0.15) is 0 Å². The Morgan fingerprint density at radius 1 is 1.21 bits per heavy atom. The second kappa shape index (κ2) is 3.23. The van der Waals surface area contributed by atoms with Gasteiger partial charge in [0.15, 0.2) is 0 Å². The van der Waals surface area contributed by atoms with Gasteiger partial charge in [-0.2, -0.15) is 0 Å². The average molecular weight is 195 g/mol. The van der Waals surface area contributed by atoms with Crippen LogP contribution in [0.1, 0.15) is 33.6 Å². The molecule has 0 aromatic carbocycles. The molecule has 3 aliphatic carbocycles. The number of rotatable bonds is 2. The van der Waals surface area contributed by atoms with E-state index in [-0.39, 0.29) is 0 Å². The van der Waals surface area contributed by atoms with Gasteiger partial charge < -0.3 is 4.90 Å². The predicted molar refractivity (Wildman–Crippen MR) is 61.2 cm³/mol. The summed E-state index contributed by atoms with van der Waals surface area (Å²) in [6, 6.07) is 0. The molecule has 3 rings (SSSR count). The van der Waals surface area contributed by atoms with Crippen LogP contribution in [-0.2, 0) is 0 Å². The number of fused-ring (bicyclic) bond motifs is 2. The van der Waals surface area contributed by atoms with E-state index in [1.807, 2.05) is 0 Å². The lowest BCUT2D eigenvalue weighted by molar-refractivity contribution is -0.131. The van der Waals surface area contributed by atoms with Crippen LogP contribution in [0.3, 0.4) is 0 Å². The van der Waals surface area contributed by atoms with Crippen LogP contribution in [0, 0.1) is 29.1 Å². The first-order valence-electron chi connectivity index (χ1n) is 6.07. The molecule has 1 nitrogen and oxygen atoms in total. The van der Waals surface area contributed by atoms with Crippen molar-refractivity contribution in [1.29, 1.82) is 0 Å². The van der Waals surface area contributed by atoms with Gasteiger partial charge in [-0.3, -0.25) is 0 Å². The topological polar surface area (TPSA) is 3.24 Å². The molecule has 0 saturated heterocycles. The zero-order valence-electron chi connectivity index (χ0n) is 10.4. The van der Waals surface area contributed by atoms with Crippen molar-refractivity contribution in [2.75, 3.05) is 20.6 Å². The molecule has 3 saturated carbocycles. The van der Waals surface area contributed by atoms with Gasteiger partial charge in [0, 0.05) is 6.54 Å². The summed E-state index contributed by atoms with van der Waals surface area (Å²) < 4.78 is 0. The Morgan fingerprint density at radius 2 is 1.86 bits per heavy atom. The van der Waals surface area contributed by atoms with Gasteiger partial charge in [0.05, 0.1) is 0 Å². The minimum Gasteiger partial charge on any atom is -0.309 e. The highest BCUT2D eigenvalue weighted by Crippen LogP contribution is 2.62. The van der Waals surface area contributed by atoms with E-state index in [9.17, 15) is 0 Å². The number of hydrogen-bond acceptors (Lipinski definition) is 1. The monoisotopic (exact) mass is 195 g/mol. The maximum Gasteiger partial charge on any atom is 0.000632 e. The summed E-state index contributed by atoms with van der Waals surface area (Å²) in [7, 11) is 4.41. The van der Waals surface area contributed by atoms with Crippen LogP contribution in [-0.4, -0.2) is 25.5 Å². The van der Waals surface area contributed by atoms with E-state index in [1.54, 1.807) is 0 Å². The van der Waals surface area contributed by atoms with Gasteiger partial charge in [0.2, 0.25) is 0 Å². The molecule has 14 heavy (non-hydrogen) atoms. The fourth-order valence-electron chi connectivity index (χ4n) is 3.97. The molecule has 3 fully saturated rings. The molecule has 2 bridgehead atoms. The first kappa shape index (κ1) is 10.5. The molecule has 0 radical (unpaired) electrons. The van der Waals surface area contributed by atoms with Gasteiger partial charge in [-0.1, -0.05) is 20.8 Å². The molecular weight excluding hydrogens is 170 g/mol. The molecule has 4 atom stereocenters. The SMILES string of the molecule is CC1C(CN(C)C)CC2CC1C2(C)C. The van der Waals surface area contributed by atoms with E-state index in [0.29, 0.717) is 5.41 Å². The maximum atomic E-state index is 2.48. The summed E-state index contributed by atoms with van der Waals surface area (Å²) in [5.41, 5.74) is 0.655. The Balaban J connectivity index is 2.01. The van der Waals surface area contributed by atoms with Gasteiger partial charge in [0.25, 0.3) is 0 Å². The van der Waals surface area contributed by atoms with Crippen molar-refractivity contribution in [1.82, 2.24) is 4.90 Å². The van der Waals surface area contributed by atoms with Crippen molar-refractivity contribution in [2.45, 2.75) is 33.6 Å². The van der Waals surface area contributed by atoms with Crippen molar-refractivity contribution in [2.24, 2.45) is 29.1 Å². The second-order valence-electron chi connectivity index (χ2n) is 6.48. The lowest BCUT2D eigenvalue weighted by Gasteiger charge is -2.62. The van der Waals surface area contributed by atoms with Crippen molar-refractivity contribution in [3.05, 3.63) is 0 Å². The number of nitrogens with zero attached hydrogens (tertiary/aromatic N) is 1. The van der Waals surface area contributed by atoms with E-state index in [0.717, 1.165) is 23.7 Å². The quantitative estimate of drug-likeness (QED) is 0.655. The van der Waals surface area contributed by atoms with Crippen molar-refractivity contribution in [3.63, 3.8) is 0 Å². The molecule has 0 spiro atoms. The van der Waals surface area contributed by atoms with E-state index in [1.165, 1.54) is 19.4 Å². The normalized spacial score (nSPS) is 45.0. The van der Waals surface area contributed by atoms with Crippen LogP contribution < -0.4 is 0 Å².